The van der Waals surface area contributed by atoms with Gasteiger partial charge in [0.25, 0.3) is 0 Å². The normalized spacial score (nSPS) is 11.9. The van der Waals surface area contributed by atoms with E-state index in [4.69, 9.17) is 9.47 Å². The first-order chi connectivity index (χ1) is 9.81. The number of hydrogen-bond donors (Lipinski definition) is 1. The Kier molecular flexibility index (Phi) is 4.84. The molecule has 6 heteroatoms. The summed E-state index contributed by atoms with van der Waals surface area (Å²) in [6, 6.07) is 1.74. The fraction of sp³-hybridized carbons (Fsp3) is 0.357. The molecule has 1 unspecified atom stereocenters. The Morgan fingerprint density at radius 1 is 1.15 bits per heavy atom. The Labute approximate surface area is 118 Å². The van der Waals surface area contributed by atoms with Crippen molar-refractivity contribution in [2.75, 3.05) is 20.8 Å². The van der Waals surface area contributed by atoms with E-state index in [0.717, 1.165) is 17.8 Å². The number of hydrogen-bond acceptors (Lipinski definition) is 6. The number of nitrogens with zero attached hydrogens (tertiary/aromatic N) is 3. The second-order valence-electron chi connectivity index (χ2n) is 4.06. The first kappa shape index (κ1) is 14.2. The molecule has 2 heterocycles. The summed E-state index contributed by atoms with van der Waals surface area (Å²) >= 11 is 0. The SMILES string of the molecule is CCNC(c1ccncc1OC)c1nccnc1OC. The molecule has 2 rings (SSSR count). The van der Waals surface area contributed by atoms with Gasteiger partial charge in [0.05, 0.1) is 26.5 Å². The predicted molar refractivity (Wildman–Crippen MR) is 74.9 cm³/mol. The Hall–Kier alpha value is -2.21. The molecular weight excluding hydrogens is 256 g/mol. The molecule has 6 nitrogen and oxygen atoms in total. The van der Waals surface area contributed by atoms with Crippen molar-refractivity contribution < 1.29 is 9.47 Å². The van der Waals surface area contributed by atoms with Crippen molar-refractivity contribution in [3.8, 4) is 11.6 Å². The largest absolute Gasteiger partial charge is 0.495 e. The zero-order valence-corrected chi connectivity index (χ0v) is 11.8. The third-order valence-electron chi connectivity index (χ3n) is 2.91. The van der Waals surface area contributed by atoms with Gasteiger partial charge in [-0.3, -0.25) is 9.97 Å². The van der Waals surface area contributed by atoms with Crippen LogP contribution in [0.1, 0.15) is 24.2 Å². The van der Waals surface area contributed by atoms with Crippen molar-refractivity contribution in [2.45, 2.75) is 13.0 Å². The summed E-state index contributed by atoms with van der Waals surface area (Å²) in [6.45, 7) is 2.80. The maximum absolute atomic E-state index is 5.38. The van der Waals surface area contributed by atoms with Gasteiger partial charge in [-0.25, -0.2) is 4.98 Å². The number of ether oxygens (including phenoxy) is 2. The van der Waals surface area contributed by atoms with Gasteiger partial charge in [-0.05, 0) is 12.6 Å². The van der Waals surface area contributed by atoms with Gasteiger partial charge in [0.2, 0.25) is 5.88 Å². The molecule has 0 aromatic carbocycles. The van der Waals surface area contributed by atoms with Crippen LogP contribution in [0.3, 0.4) is 0 Å². The van der Waals surface area contributed by atoms with E-state index in [-0.39, 0.29) is 6.04 Å². The number of rotatable bonds is 6. The van der Waals surface area contributed by atoms with Crippen LogP contribution in [0.15, 0.2) is 30.9 Å². The summed E-state index contributed by atoms with van der Waals surface area (Å²) in [5.74, 6) is 1.20. The van der Waals surface area contributed by atoms with Crippen molar-refractivity contribution >= 4 is 0 Å². The Balaban J connectivity index is 2.50. The van der Waals surface area contributed by atoms with E-state index < -0.39 is 0 Å². The minimum Gasteiger partial charge on any atom is -0.495 e. The molecular formula is C14H18N4O2. The van der Waals surface area contributed by atoms with E-state index in [0.29, 0.717) is 11.6 Å². The lowest BCUT2D eigenvalue weighted by Gasteiger charge is -2.20. The molecule has 2 aromatic rings. The molecule has 0 spiro atoms. The fourth-order valence-electron chi connectivity index (χ4n) is 2.05. The van der Waals surface area contributed by atoms with Crippen LogP contribution in [0.25, 0.3) is 0 Å². The lowest BCUT2D eigenvalue weighted by Crippen LogP contribution is -2.24. The van der Waals surface area contributed by atoms with Gasteiger partial charge in [0.1, 0.15) is 11.4 Å². The third-order valence-corrected chi connectivity index (χ3v) is 2.91. The lowest BCUT2D eigenvalue weighted by atomic mass is 10.0. The number of pyridine rings is 1. The summed E-state index contributed by atoms with van der Waals surface area (Å²) in [6.07, 6.45) is 6.67. The van der Waals surface area contributed by atoms with E-state index in [1.165, 1.54) is 0 Å². The second kappa shape index (κ2) is 6.81. The predicted octanol–water partition coefficient (Wildman–Crippen LogP) is 1.59. The molecule has 0 aliphatic carbocycles. The minimum absolute atomic E-state index is 0.165. The maximum Gasteiger partial charge on any atom is 0.237 e. The molecule has 106 valence electrons. The van der Waals surface area contributed by atoms with Crippen molar-refractivity contribution in [3.05, 3.63) is 42.1 Å². The van der Waals surface area contributed by atoms with Crippen molar-refractivity contribution in [3.63, 3.8) is 0 Å². The van der Waals surface area contributed by atoms with Gasteiger partial charge in [-0.1, -0.05) is 6.92 Å². The van der Waals surface area contributed by atoms with Crippen LogP contribution >= 0.6 is 0 Å². The summed E-state index contributed by atoms with van der Waals surface area (Å²) in [4.78, 5) is 12.7. The topological polar surface area (TPSA) is 69.2 Å². The van der Waals surface area contributed by atoms with Crippen LogP contribution in [0.2, 0.25) is 0 Å². The van der Waals surface area contributed by atoms with Crippen LogP contribution < -0.4 is 14.8 Å². The Morgan fingerprint density at radius 3 is 2.65 bits per heavy atom. The van der Waals surface area contributed by atoms with Crippen molar-refractivity contribution in [1.29, 1.82) is 0 Å². The molecule has 20 heavy (non-hydrogen) atoms. The zero-order chi connectivity index (χ0) is 14.4. The monoisotopic (exact) mass is 274 g/mol. The van der Waals surface area contributed by atoms with Gasteiger partial charge in [-0.2, -0.15) is 0 Å². The molecule has 1 N–H and O–H groups in total. The Morgan fingerprint density at radius 2 is 1.95 bits per heavy atom. The molecule has 2 aromatic heterocycles. The quantitative estimate of drug-likeness (QED) is 0.862. The second-order valence-corrected chi connectivity index (χ2v) is 4.06. The number of methoxy groups -OCH3 is 2. The molecule has 0 fully saturated rings. The highest BCUT2D eigenvalue weighted by atomic mass is 16.5. The first-order valence-electron chi connectivity index (χ1n) is 6.38. The average molecular weight is 274 g/mol. The molecule has 0 aliphatic heterocycles. The van der Waals surface area contributed by atoms with E-state index in [1.807, 2.05) is 13.0 Å². The van der Waals surface area contributed by atoms with Gasteiger partial charge < -0.3 is 14.8 Å². The molecule has 0 bridgehead atoms. The maximum atomic E-state index is 5.38. The average Bonchev–Trinajstić information content (AvgIpc) is 2.52. The highest BCUT2D eigenvalue weighted by Crippen LogP contribution is 2.31. The number of nitrogens with one attached hydrogen (secondary N) is 1. The van der Waals surface area contributed by atoms with E-state index >= 15 is 0 Å². The van der Waals surface area contributed by atoms with Crippen molar-refractivity contribution in [1.82, 2.24) is 20.3 Å². The van der Waals surface area contributed by atoms with E-state index in [2.05, 4.69) is 20.3 Å². The highest BCUT2D eigenvalue weighted by molar-refractivity contribution is 5.40. The molecule has 0 saturated carbocycles. The van der Waals surface area contributed by atoms with E-state index in [1.54, 1.807) is 39.0 Å². The molecule has 0 radical (unpaired) electrons. The standard InChI is InChI=1S/C14H18N4O2/c1-4-16-12(10-5-6-15-9-11(10)19-2)13-14(20-3)18-8-7-17-13/h5-9,12,16H,4H2,1-3H3. The van der Waals surface area contributed by atoms with Crippen LogP contribution in [0, 0.1) is 0 Å². The fourth-order valence-corrected chi connectivity index (χ4v) is 2.05. The summed E-state index contributed by atoms with van der Waals surface area (Å²) in [5.41, 5.74) is 1.67. The van der Waals surface area contributed by atoms with Crippen LogP contribution in [0.5, 0.6) is 11.6 Å². The molecule has 0 amide bonds. The van der Waals surface area contributed by atoms with Crippen molar-refractivity contribution in [2.24, 2.45) is 0 Å². The van der Waals surface area contributed by atoms with Gasteiger partial charge in [-0.15, -0.1) is 0 Å². The highest BCUT2D eigenvalue weighted by Gasteiger charge is 2.22. The van der Waals surface area contributed by atoms with Gasteiger partial charge in [0, 0.05) is 24.2 Å². The van der Waals surface area contributed by atoms with Crippen LogP contribution in [0.4, 0.5) is 0 Å². The smallest absolute Gasteiger partial charge is 0.237 e. The van der Waals surface area contributed by atoms with Crippen LogP contribution in [-0.4, -0.2) is 35.7 Å². The third kappa shape index (κ3) is 2.85. The lowest BCUT2D eigenvalue weighted by molar-refractivity contribution is 0.378. The molecule has 0 saturated heterocycles. The van der Waals surface area contributed by atoms with Gasteiger partial charge >= 0.3 is 0 Å². The minimum atomic E-state index is -0.165. The first-order valence-corrected chi connectivity index (χ1v) is 6.38. The van der Waals surface area contributed by atoms with Crippen LogP contribution in [-0.2, 0) is 0 Å². The summed E-state index contributed by atoms with van der Waals surface area (Å²) < 4.78 is 10.7. The van der Waals surface area contributed by atoms with Gasteiger partial charge in [0.15, 0.2) is 0 Å². The summed E-state index contributed by atoms with van der Waals surface area (Å²) in [5, 5.41) is 3.37. The number of aromatic nitrogens is 3. The summed E-state index contributed by atoms with van der Waals surface area (Å²) in [7, 11) is 3.21. The zero-order valence-electron chi connectivity index (χ0n) is 11.8. The molecule has 1 atom stereocenters. The van der Waals surface area contributed by atoms with E-state index in [9.17, 15) is 0 Å². The molecule has 0 aliphatic rings. The Bertz CT molecular complexity index is 515.